The van der Waals surface area contributed by atoms with Crippen molar-refractivity contribution in [2.45, 2.75) is 25.7 Å². The fraction of sp³-hybridized carbons (Fsp3) is 0.700. The van der Waals surface area contributed by atoms with Crippen LogP contribution in [0.3, 0.4) is 0 Å². The Morgan fingerprint density at radius 3 is 1.65 bits per heavy atom. The van der Waals surface area contributed by atoms with Crippen LogP contribution in [-0.2, 0) is 14.3 Å². The molecule has 2 N–H and O–H groups in total. The standard InChI is InChI=1S/C8H12N2O2.C2H5NO2/c11-7-9-5-3-1-2-4-6-10-8-12;1-5-2(3)4/h1-6H2;1H3,(H2,3,4). The molecule has 0 heterocycles. The molecule has 0 aliphatic rings. The number of hydrogen-bond donors (Lipinski definition) is 1. The van der Waals surface area contributed by atoms with Crippen molar-refractivity contribution < 1.29 is 19.1 Å². The second-order valence-electron chi connectivity index (χ2n) is 2.88. The van der Waals surface area contributed by atoms with Gasteiger partial charge in [-0.3, -0.25) is 0 Å². The zero-order valence-electron chi connectivity index (χ0n) is 9.85. The van der Waals surface area contributed by atoms with Crippen molar-refractivity contribution in [1.82, 2.24) is 0 Å². The molecule has 0 aromatic carbocycles. The zero-order chi connectivity index (χ0) is 13.4. The number of methoxy groups -OCH3 is 1. The van der Waals surface area contributed by atoms with Crippen molar-refractivity contribution in [2.24, 2.45) is 15.7 Å². The van der Waals surface area contributed by atoms with Gasteiger partial charge in [0.2, 0.25) is 12.2 Å². The molecule has 0 fully saturated rings. The quantitative estimate of drug-likeness (QED) is 0.407. The Balaban J connectivity index is 0. The largest absolute Gasteiger partial charge is 0.453 e. The molecule has 0 bridgehead atoms. The van der Waals surface area contributed by atoms with E-state index in [2.05, 4.69) is 20.5 Å². The number of carbonyl (C=O) groups is 1. The summed E-state index contributed by atoms with van der Waals surface area (Å²) in [6.07, 6.45) is 6.06. The van der Waals surface area contributed by atoms with E-state index in [1.807, 2.05) is 0 Å². The molecule has 7 nitrogen and oxygen atoms in total. The van der Waals surface area contributed by atoms with E-state index < -0.39 is 6.09 Å². The van der Waals surface area contributed by atoms with Crippen LogP contribution in [0.25, 0.3) is 0 Å². The lowest BCUT2D eigenvalue weighted by atomic mass is 10.2. The van der Waals surface area contributed by atoms with Crippen LogP contribution >= 0.6 is 0 Å². The lowest BCUT2D eigenvalue weighted by Gasteiger charge is -1.93. The van der Waals surface area contributed by atoms with Gasteiger partial charge in [-0.25, -0.2) is 24.4 Å². The van der Waals surface area contributed by atoms with Gasteiger partial charge in [0, 0.05) is 0 Å². The number of ether oxygens (including phenoxy) is 1. The minimum Gasteiger partial charge on any atom is -0.453 e. The Bertz CT molecular complexity index is 259. The van der Waals surface area contributed by atoms with Crippen LogP contribution in [0.5, 0.6) is 0 Å². The van der Waals surface area contributed by atoms with Gasteiger partial charge in [-0.15, -0.1) is 0 Å². The Kier molecular flexibility index (Phi) is 16.9. The first-order chi connectivity index (χ1) is 8.18. The summed E-state index contributed by atoms with van der Waals surface area (Å²) in [5, 5.41) is 0. The van der Waals surface area contributed by atoms with Gasteiger partial charge in [0.25, 0.3) is 0 Å². The molecular formula is C10H17N3O4. The number of hydrogen-bond acceptors (Lipinski definition) is 6. The average molecular weight is 243 g/mol. The van der Waals surface area contributed by atoms with Gasteiger partial charge in [-0.2, -0.15) is 0 Å². The molecule has 0 radical (unpaired) electrons. The molecule has 7 heteroatoms. The number of unbranched alkanes of at least 4 members (excludes halogenated alkanes) is 3. The van der Waals surface area contributed by atoms with E-state index in [1.165, 1.54) is 19.3 Å². The topological polar surface area (TPSA) is 111 Å². The molecule has 0 unspecified atom stereocenters. The summed E-state index contributed by atoms with van der Waals surface area (Å²) in [7, 11) is 1.22. The first kappa shape index (κ1) is 17.4. The highest BCUT2D eigenvalue weighted by Gasteiger charge is 1.87. The van der Waals surface area contributed by atoms with Gasteiger partial charge < -0.3 is 10.5 Å². The fourth-order valence-corrected chi connectivity index (χ4v) is 0.827. The third-order valence-electron chi connectivity index (χ3n) is 1.62. The number of nitrogens with two attached hydrogens (primary N) is 1. The molecule has 0 spiro atoms. The Morgan fingerprint density at radius 2 is 1.41 bits per heavy atom. The van der Waals surface area contributed by atoms with Gasteiger partial charge in [0.05, 0.1) is 20.2 Å². The fourth-order valence-electron chi connectivity index (χ4n) is 0.827. The second-order valence-corrected chi connectivity index (χ2v) is 2.88. The van der Waals surface area contributed by atoms with Crippen LogP contribution in [0.2, 0.25) is 0 Å². The van der Waals surface area contributed by atoms with Crippen molar-refractivity contribution in [2.75, 3.05) is 20.2 Å². The Labute approximate surface area is 99.8 Å². The van der Waals surface area contributed by atoms with Gasteiger partial charge in [-0.05, 0) is 12.8 Å². The summed E-state index contributed by atoms with van der Waals surface area (Å²) in [5.41, 5.74) is 4.43. The molecule has 0 aliphatic carbocycles. The van der Waals surface area contributed by atoms with E-state index in [1.54, 1.807) is 0 Å². The van der Waals surface area contributed by atoms with Gasteiger partial charge in [-0.1, -0.05) is 12.8 Å². The predicted molar refractivity (Wildman–Crippen MR) is 61.0 cm³/mol. The maximum absolute atomic E-state index is 9.63. The third-order valence-corrected chi connectivity index (χ3v) is 1.62. The molecule has 0 aromatic rings. The van der Waals surface area contributed by atoms with Crippen LogP contribution < -0.4 is 5.73 Å². The maximum atomic E-state index is 9.63. The average Bonchev–Trinajstić information content (AvgIpc) is 2.33. The van der Waals surface area contributed by atoms with Gasteiger partial charge >= 0.3 is 6.09 Å². The summed E-state index contributed by atoms with van der Waals surface area (Å²) >= 11 is 0. The van der Waals surface area contributed by atoms with E-state index in [4.69, 9.17) is 0 Å². The number of aliphatic imine (C=N–C) groups is 2. The highest BCUT2D eigenvalue weighted by Crippen LogP contribution is 1.99. The summed E-state index contributed by atoms with van der Waals surface area (Å²) in [4.78, 5) is 35.5. The van der Waals surface area contributed by atoms with E-state index in [0.29, 0.717) is 13.1 Å². The highest BCUT2D eigenvalue weighted by molar-refractivity contribution is 5.64. The normalized spacial score (nSPS) is 7.82. The number of rotatable bonds is 7. The van der Waals surface area contributed by atoms with Crippen molar-refractivity contribution in [3.8, 4) is 0 Å². The van der Waals surface area contributed by atoms with Gasteiger partial charge in [0.15, 0.2) is 0 Å². The van der Waals surface area contributed by atoms with Crippen LogP contribution in [0.4, 0.5) is 4.79 Å². The lowest BCUT2D eigenvalue weighted by molar-refractivity contribution is 0.182. The van der Waals surface area contributed by atoms with Crippen molar-refractivity contribution in [3.63, 3.8) is 0 Å². The highest BCUT2D eigenvalue weighted by atomic mass is 16.5. The first-order valence-corrected chi connectivity index (χ1v) is 5.09. The maximum Gasteiger partial charge on any atom is 0.404 e. The van der Waals surface area contributed by atoms with Crippen molar-refractivity contribution in [1.29, 1.82) is 0 Å². The number of amides is 1. The molecule has 0 saturated carbocycles. The number of isocyanates is 2. The van der Waals surface area contributed by atoms with Crippen LogP contribution in [0.1, 0.15) is 25.7 Å². The molecule has 1 amide bonds. The molecule has 0 rings (SSSR count). The lowest BCUT2D eigenvalue weighted by Crippen LogP contribution is -2.08. The second kappa shape index (κ2) is 16.5. The molecule has 0 atom stereocenters. The Hall–Kier alpha value is -1.97. The molecule has 0 aliphatic heterocycles. The third kappa shape index (κ3) is 24.9. The van der Waals surface area contributed by atoms with Crippen molar-refractivity contribution >= 4 is 18.3 Å². The van der Waals surface area contributed by atoms with E-state index >= 15 is 0 Å². The van der Waals surface area contributed by atoms with Gasteiger partial charge in [0.1, 0.15) is 0 Å². The summed E-state index contributed by atoms with van der Waals surface area (Å²) in [5.74, 6) is 0. The van der Waals surface area contributed by atoms with E-state index in [9.17, 15) is 14.4 Å². The Morgan fingerprint density at radius 1 is 1.06 bits per heavy atom. The minimum absolute atomic E-state index is 0.556. The van der Waals surface area contributed by atoms with Crippen LogP contribution in [0.15, 0.2) is 9.98 Å². The zero-order valence-corrected chi connectivity index (χ0v) is 9.85. The molecule has 0 saturated heterocycles. The molecular weight excluding hydrogens is 226 g/mol. The predicted octanol–water partition coefficient (Wildman–Crippen LogP) is 0.930. The number of primary amides is 1. The molecule has 96 valence electrons. The first-order valence-electron chi connectivity index (χ1n) is 5.09. The summed E-state index contributed by atoms with van der Waals surface area (Å²) < 4.78 is 3.89. The monoisotopic (exact) mass is 243 g/mol. The van der Waals surface area contributed by atoms with Crippen LogP contribution in [-0.4, -0.2) is 38.5 Å². The summed E-state index contributed by atoms with van der Waals surface area (Å²) in [6.45, 7) is 1.11. The minimum atomic E-state index is -0.745. The van der Waals surface area contributed by atoms with E-state index in [0.717, 1.165) is 25.7 Å². The number of carbonyl (C=O) groups excluding carboxylic acids is 3. The number of nitrogens with zero attached hydrogens (tertiary/aromatic N) is 2. The molecule has 17 heavy (non-hydrogen) atoms. The van der Waals surface area contributed by atoms with Crippen molar-refractivity contribution in [3.05, 3.63) is 0 Å². The van der Waals surface area contributed by atoms with Crippen LogP contribution in [0, 0.1) is 0 Å². The summed E-state index contributed by atoms with van der Waals surface area (Å²) in [6, 6.07) is 0. The van der Waals surface area contributed by atoms with E-state index in [-0.39, 0.29) is 0 Å². The molecule has 0 aromatic heterocycles. The SMILES string of the molecule is COC(N)=O.O=C=NCCCCCCN=C=O. The smallest absolute Gasteiger partial charge is 0.404 e.